The van der Waals surface area contributed by atoms with Crippen molar-refractivity contribution < 1.29 is 19.1 Å². The Kier molecular flexibility index (Phi) is 8.50. The van der Waals surface area contributed by atoms with E-state index in [1.807, 2.05) is 0 Å². The van der Waals surface area contributed by atoms with Crippen LogP contribution in [-0.2, 0) is 19.1 Å². The average Bonchev–Trinajstić information content (AvgIpc) is 2.76. The first-order chi connectivity index (χ1) is 10.5. The second-order valence-corrected chi connectivity index (χ2v) is 5.68. The minimum absolute atomic E-state index is 0.0439. The van der Waals surface area contributed by atoms with Gasteiger partial charge in [-0.2, -0.15) is 0 Å². The Labute approximate surface area is 132 Å². The zero-order valence-electron chi connectivity index (χ0n) is 13.6. The van der Waals surface area contributed by atoms with Crippen molar-refractivity contribution in [1.82, 2.24) is 15.1 Å². The number of ether oxygens (including phenoxy) is 1. The Bertz CT molecular complexity index is 377. The van der Waals surface area contributed by atoms with Crippen LogP contribution in [0.3, 0.4) is 0 Å². The van der Waals surface area contributed by atoms with Gasteiger partial charge in [0.15, 0.2) is 0 Å². The highest BCUT2D eigenvalue weighted by molar-refractivity contribution is 5.80. The quantitative estimate of drug-likeness (QED) is 0.717. The van der Waals surface area contributed by atoms with Gasteiger partial charge in [0.2, 0.25) is 17.7 Å². The second kappa shape index (κ2) is 10.2. The van der Waals surface area contributed by atoms with Crippen molar-refractivity contribution in [3.05, 3.63) is 0 Å². The Morgan fingerprint density at radius 3 is 2.27 bits per heavy atom. The second-order valence-electron chi connectivity index (χ2n) is 5.68. The third-order valence-electron chi connectivity index (χ3n) is 3.58. The van der Waals surface area contributed by atoms with Gasteiger partial charge in [-0.15, -0.1) is 0 Å². The first-order valence-corrected chi connectivity index (χ1v) is 7.83. The standard InChI is InChI=1S/C15H27N3O4/c1-17(2)14(20)7-8-16-13(19)11-22-12-15(21)18-9-5-3-4-6-10-18/h3-12H2,1-2H3,(H,16,19). The fourth-order valence-electron chi connectivity index (χ4n) is 2.23. The van der Waals surface area contributed by atoms with Gasteiger partial charge in [0.1, 0.15) is 13.2 Å². The van der Waals surface area contributed by atoms with Crippen LogP contribution < -0.4 is 5.32 Å². The van der Waals surface area contributed by atoms with Crippen molar-refractivity contribution in [2.24, 2.45) is 0 Å². The molecule has 1 saturated heterocycles. The molecule has 1 aliphatic heterocycles. The molecule has 22 heavy (non-hydrogen) atoms. The van der Waals surface area contributed by atoms with E-state index in [1.54, 1.807) is 19.0 Å². The molecular formula is C15H27N3O4. The summed E-state index contributed by atoms with van der Waals surface area (Å²) in [6.07, 6.45) is 4.65. The van der Waals surface area contributed by atoms with E-state index in [0.717, 1.165) is 25.9 Å². The molecule has 0 aliphatic carbocycles. The highest BCUT2D eigenvalue weighted by atomic mass is 16.5. The van der Waals surface area contributed by atoms with E-state index in [-0.39, 0.29) is 43.9 Å². The topological polar surface area (TPSA) is 79.0 Å². The summed E-state index contributed by atoms with van der Waals surface area (Å²) in [4.78, 5) is 38.1. The summed E-state index contributed by atoms with van der Waals surface area (Å²) in [5.74, 6) is -0.412. The van der Waals surface area contributed by atoms with Crippen LogP contribution in [0.2, 0.25) is 0 Å². The Balaban J connectivity index is 2.11. The fourth-order valence-corrected chi connectivity index (χ4v) is 2.23. The van der Waals surface area contributed by atoms with Gasteiger partial charge >= 0.3 is 0 Å². The fraction of sp³-hybridized carbons (Fsp3) is 0.800. The van der Waals surface area contributed by atoms with Crippen LogP contribution in [-0.4, -0.2) is 74.5 Å². The van der Waals surface area contributed by atoms with Gasteiger partial charge < -0.3 is 19.9 Å². The molecule has 0 unspecified atom stereocenters. The summed E-state index contributed by atoms with van der Waals surface area (Å²) < 4.78 is 5.16. The lowest BCUT2D eigenvalue weighted by Crippen LogP contribution is -2.36. The van der Waals surface area contributed by atoms with Crippen LogP contribution in [0.25, 0.3) is 0 Å². The molecular weight excluding hydrogens is 286 g/mol. The molecule has 3 amide bonds. The number of carbonyl (C=O) groups excluding carboxylic acids is 3. The zero-order valence-corrected chi connectivity index (χ0v) is 13.6. The lowest BCUT2D eigenvalue weighted by Gasteiger charge is -2.20. The molecule has 0 radical (unpaired) electrons. The number of rotatable bonds is 7. The van der Waals surface area contributed by atoms with Crippen LogP contribution in [0.15, 0.2) is 0 Å². The maximum absolute atomic E-state index is 11.9. The molecule has 1 fully saturated rings. The van der Waals surface area contributed by atoms with E-state index < -0.39 is 0 Å². The maximum Gasteiger partial charge on any atom is 0.248 e. The van der Waals surface area contributed by atoms with Gasteiger partial charge in [0.05, 0.1) is 0 Å². The molecule has 0 spiro atoms. The van der Waals surface area contributed by atoms with E-state index in [9.17, 15) is 14.4 Å². The predicted octanol–water partition coefficient (Wildman–Crippen LogP) is 0.000100. The maximum atomic E-state index is 11.9. The monoisotopic (exact) mass is 313 g/mol. The first-order valence-electron chi connectivity index (χ1n) is 7.83. The minimum Gasteiger partial charge on any atom is -0.362 e. The molecule has 126 valence electrons. The summed E-state index contributed by atoms with van der Waals surface area (Å²) >= 11 is 0. The van der Waals surface area contributed by atoms with E-state index in [0.29, 0.717) is 0 Å². The highest BCUT2D eigenvalue weighted by Crippen LogP contribution is 2.09. The Morgan fingerprint density at radius 1 is 1.05 bits per heavy atom. The van der Waals surface area contributed by atoms with Crippen LogP contribution in [0.1, 0.15) is 32.1 Å². The Morgan fingerprint density at radius 2 is 1.68 bits per heavy atom. The van der Waals surface area contributed by atoms with Gasteiger partial charge in [0.25, 0.3) is 0 Å². The number of likely N-dealkylation sites (tertiary alicyclic amines) is 1. The van der Waals surface area contributed by atoms with Crippen molar-refractivity contribution in [3.63, 3.8) is 0 Å². The van der Waals surface area contributed by atoms with E-state index in [4.69, 9.17) is 4.74 Å². The van der Waals surface area contributed by atoms with Crippen LogP contribution in [0, 0.1) is 0 Å². The normalized spacial score (nSPS) is 15.1. The molecule has 7 nitrogen and oxygen atoms in total. The van der Waals surface area contributed by atoms with Gasteiger partial charge in [-0.1, -0.05) is 12.8 Å². The number of hydrogen-bond acceptors (Lipinski definition) is 4. The molecule has 0 aromatic heterocycles. The van der Waals surface area contributed by atoms with Crippen LogP contribution in [0.4, 0.5) is 0 Å². The van der Waals surface area contributed by atoms with Crippen molar-refractivity contribution in [1.29, 1.82) is 0 Å². The molecule has 0 aromatic carbocycles. The SMILES string of the molecule is CN(C)C(=O)CCNC(=O)COCC(=O)N1CCCCCC1. The molecule has 1 rings (SSSR count). The highest BCUT2D eigenvalue weighted by Gasteiger charge is 2.15. The van der Waals surface area contributed by atoms with Gasteiger partial charge in [-0.05, 0) is 12.8 Å². The number of nitrogens with one attached hydrogen (secondary N) is 1. The molecule has 1 heterocycles. The first kappa shape index (κ1) is 18.4. The summed E-state index contributed by atoms with van der Waals surface area (Å²) in [6, 6.07) is 0. The molecule has 0 aromatic rings. The lowest BCUT2D eigenvalue weighted by molar-refractivity contribution is -0.138. The number of hydrogen-bond donors (Lipinski definition) is 1. The number of amides is 3. The summed E-state index contributed by atoms with van der Waals surface area (Å²) in [5, 5.41) is 2.60. The molecule has 1 aliphatic rings. The summed E-state index contributed by atoms with van der Waals surface area (Å²) in [5.41, 5.74) is 0. The van der Waals surface area contributed by atoms with E-state index >= 15 is 0 Å². The number of carbonyl (C=O) groups is 3. The lowest BCUT2D eigenvalue weighted by atomic mass is 10.2. The molecule has 0 saturated carbocycles. The molecule has 1 N–H and O–H groups in total. The smallest absolute Gasteiger partial charge is 0.248 e. The minimum atomic E-state index is -0.310. The van der Waals surface area contributed by atoms with E-state index in [1.165, 1.54) is 17.7 Å². The van der Waals surface area contributed by atoms with E-state index in [2.05, 4.69) is 5.32 Å². The zero-order chi connectivity index (χ0) is 16.4. The molecule has 0 atom stereocenters. The largest absolute Gasteiger partial charge is 0.362 e. The molecule has 0 bridgehead atoms. The summed E-state index contributed by atoms with van der Waals surface area (Å²) in [7, 11) is 3.34. The third kappa shape index (κ3) is 7.40. The van der Waals surface area contributed by atoms with Crippen molar-refractivity contribution in [3.8, 4) is 0 Å². The van der Waals surface area contributed by atoms with Gasteiger partial charge in [-0.25, -0.2) is 0 Å². The van der Waals surface area contributed by atoms with Crippen molar-refractivity contribution in [2.75, 3.05) is 46.9 Å². The predicted molar refractivity (Wildman–Crippen MR) is 82.2 cm³/mol. The van der Waals surface area contributed by atoms with Crippen LogP contribution in [0.5, 0.6) is 0 Å². The number of nitrogens with zero attached hydrogens (tertiary/aromatic N) is 2. The third-order valence-corrected chi connectivity index (χ3v) is 3.58. The summed E-state index contributed by atoms with van der Waals surface area (Å²) in [6.45, 7) is 1.61. The van der Waals surface area contributed by atoms with Crippen molar-refractivity contribution >= 4 is 17.7 Å². The van der Waals surface area contributed by atoms with Crippen LogP contribution >= 0.6 is 0 Å². The Hall–Kier alpha value is -1.63. The van der Waals surface area contributed by atoms with Crippen molar-refractivity contribution in [2.45, 2.75) is 32.1 Å². The average molecular weight is 313 g/mol. The molecule has 7 heteroatoms. The van der Waals surface area contributed by atoms with Gasteiger partial charge in [0, 0.05) is 40.2 Å². The van der Waals surface area contributed by atoms with Gasteiger partial charge in [-0.3, -0.25) is 14.4 Å².